The van der Waals surface area contributed by atoms with Crippen molar-refractivity contribution in [2.24, 2.45) is 34.5 Å². The van der Waals surface area contributed by atoms with Crippen molar-refractivity contribution in [3.63, 3.8) is 0 Å². The van der Waals surface area contributed by atoms with Crippen LogP contribution in [0.15, 0.2) is 11.6 Å². The minimum absolute atomic E-state index is 0.000298. The van der Waals surface area contributed by atoms with E-state index in [2.05, 4.69) is 13.8 Å². The smallest absolute Gasteiger partial charge is 0.331 e. The molecule has 11 heteroatoms. The Morgan fingerprint density at radius 1 is 1.05 bits per heavy atom. The average molecular weight is 595 g/mol. The fourth-order valence-electron chi connectivity index (χ4n) is 10.2. The first-order chi connectivity index (χ1) is 19.8. The Morgan fingerprint density at radius 3 is 2.50 bits per heavy atom. The Hall–Kier alpha value is -1.60. The molecule has 0 unspecified atom stereocenters. The van der Waals surface area contributed by atoms with Gasteiger partial charge >= 0.3 is 11.9 Å². The minimum Gasteiger partial charge on any atom is -0.463 e. The molecule has 4 aliphatic carbocycles. The summed E-state index contributed by atoms with van der Waals surface area (Å²) in [6, 6.07) is 0. The summed E-state index contributed by atoms with van der Waals surface area (Å²) >= 11 is 0. The van der Waals surface area contributed by atoms with Crippen molar-refractivity contribution < 1.29 is 54.1 Å². The number of fused-ring (bicyclic) bond motifs is 5. The Bertz CT molecular complexity index is 1110. The molecule has 5 N–H and O–H groups in total. The zero-order valence-corrected chi connectivity index (χ0v) is 24.7. The van der Waals surface area contributed by atoms with Gasteiger partial charge in [-0.3, -0.25) is 4.79 Å². The molecule has 2 heterocycles. The number of carbonyl (C=O) groups is 2. The van der Waals surface area contributed by atoms with Gasteiger partial charge in [-0.05, 0) is 86.0 Å². The predicted molar refractivity (Wildman–Crippen MR) is 145 cm³/mol. The fraction of sp³-hybridized carbons (Fsp3) is 0.871. The SMILES string of the molecule is CC(=O)OC[C@H]1O[C@@H](O[C@H]2CC[C@@]3(C)[C@H](CC[C@@H]4[C@@H]3[C@H](O)C[C@]3(C)[C@@H](C5=CC(=O)OC5)CC[C@]43O)C2)[C@H](O)[C@H](O)[C@@H]1O. The van der Waals surface area contributed by atoms with Gasteiger partial charge in [-0.1, -0.05) is 13.8 Å². The summed E-state index contributed by atoms with van der Waals surface area (Å²) in [5.74, 6) is -0.800. The molecule has 0 aromatic rings. The lowest BCUT2D eigenvalue weighted by Gasteiger charge is -2.65. The standard InChI is InChI=1S/C31H46O11/c1-15(32)39-14-22-25(35)26(36)27(37)28(42-22)41-18-6-8-29(2)17(11-18)4-5-20-24(29)21(33)12-30(3)19(7-9-31(20,30)38)16-10-23(34)40-13-16/h10,17-22,24-28,33,35-38H,4-9,11-14H2,1-3H3/t17-,18+,19-,20-,21-,22-,24-,25-,26-,27-,28-,29+,30-,31+/m1/s1. The van der Waals surface area contributed by atoms with Crippen LogP contribution in [0, 0.1) is 34.5 Å². The molecule has 0 aromatic heterocycles. The molecule has 4 saturated carbocycles. The van der Waals surface area contributed by atoms with Crippen molar-refractivity contribution in [3.8, 4) is 0 Å². The summed E-state index contributed by atoms with van der Waals surface area (Å²) in [6.45, 7) is 5.55. The number of hydrogen-bond acceptors (Lipinski definition) is 11. The topological polar surface area (TPSA) is 172 Å². The lowest BCUT2D eigenvalue weighted by molar-refractivity contribution is -0.318. The second-order valence-corrected chi connectivity index (χ2v) is 14.3. The molecule has 0 radical (unpaired) electrons. The summed E-state index contributed by atoms with van der Waals surface area (Å²) in [5.41, 5.74) is -0.771. The van der Waals surface area contributed by atoms with E-state index < -0.39 is 53.8 Å². The first-order valence-corrected chi connectivity index (χ1v) is 15.5. The van der Waals surface area contributed by atoms with E-state index in [-0.39, 0.29) is 54.4 Å². The third-order valence-electron chi connectivity index (χ3n) is 12.3. The molecule has 11 nitrogen and oxygen atoms in total. The summed E-state index contributed by atoms with van der Waals surface area (Å²) in [7, 11) is 0. The Kier molecular flexibility index (Phi) is 7.81. The molecular weight excluding hydrogens is 548 g/mol. The van der Waals surface area contributed by atoms with Crippen molar-refractivity contribution >= 4 is 11.9 Å². The highest BCUT2D eigenvalue weighted by Gasteiger charge is 2.70. The molecule has 0 spiro atoms. The van der Waals surface area contributed by atoms with Crippen LogP contribution in [0.3, 0.4) is 0 Å². The van der Waals surface area contributed by atoms with Crippen LogP contribution in [-0.2, 0) is 28.5 Å². The van der Waals surface area contributed by atoms with E-state index in [1.165, 1.54) is 6.92 Å². The van der Waals surface area contributed by atoms with E-state index in [9.17, 15) is 35.1 Å². The van der Waals surface area contributed by atoms with Crippen LogP contribution in [0.25, 0.3) is 0 Å². The van der Waals surface area contributed by atoms with E-state index in [0.717, 1.165) is 31.3 Å². The second-order valence-electron chi connectivity index (χ2n) is 14.3. The third kappa shape index (κ3) is 4.66. The van der Waals surface area contributed by atoms with E-state index in [4.69, 9.17) is 18.9 Å². The molecule has 0 amide bonds. The summed E-state index contributed by atoms with van der Waals surface area (Å²) < 4.78 is 22.1. The van der Waals surface area contributed by atoms with Gasteiger partial charge in [-0.25, -0.2) is 4.79 Å². The molecule has 42 heavy (non-hydrogen) atoms. The highest BCUT2D eigenvalue weighted by Crippen LogP contribution is 2.70. The summed E-state index contributed by atoms with van der Waals surface area (Å²) in [4.78, 5) is 23.1. The number of ether oxygens (including phenoxy) is 4. The van der Waals surface area contributed by atoms with Gasteiger partial charge in [-0.15, -0.1) is 0 Å². The summed E-state index contributed by atoms with van der Waals surface area (Å²) in [5, 5.41) is 55.5. The Balaban J connectivity index is 1.16. The fourth-order valence-corrected chi connectivity index (χ4v) is 10.2. The van der Waals surface area contributed by atoms with Crippen molar-refractivity contribution in [1.29, 1.82) is 0 Å². The van der Waals surface area contributed by atoms with Gasteiger partial charge in [0.15, 0.2) is 6.29 Å². The molecule has 1 saturated heterocycles. The number of esters is 2. The first kappa shape index (κ1) is 30.4. The largest absolute Gasteiger partial charge is 0.463 e. The summed E-state index contributed by atoms with van der Waals surface area (Å²) in [6.07, 6.45) is -0.315. The average Bonchev–Trinajstić information content (AvgIpc) is 3.47. The molecule has 5 fully saturated rings. The van der Waals surface area contributed by atoms with Crippen LogP contribution in [0.5, 0.6) is 0 Å². The first-order valence-electron chi connectivity index (χ1n) is 15.5. The van der Waals surface area contributed by atoms with Crippen LogP contribution >= 0.6 is 0 Å². The molecule has 0 aromatic carbocycles. The molecular formula is C31H46O11. The van der Waals surface area contributed by atoms with Crippen LogP contribution in [-0.4, -0.2) is 99.2 Å². The minimum atomic E-state index is -1.51. The molecule has 6 aliphatic rings. The lowest BCUT2D eigenvalue weighted by Crippen LogP contribution is -2.66. The number of carbonyl (C=O) groups excluding carboxylic acids is 2. The van der Waals surface area contributed by atoms with Crippen LogP contribution < -0.4 is 0 Å². The van der Waals surface area contributed by atoms with Crippen molar-refractivity contribution in [2.75, 3.05) is 13.2 Å². The number of cyclic esters (lactones) is 1. The van der Waals surface area contributed by atoms with Gasteiger partial charge in [0.25, 0.3) is 0 Å². The van der Waals surface area contributed by atoms with Crippen LogP contribution in [0.1, 0.15) is 72.1 Å². The van der Waals surface area contributed by atoms with E-state index >= 15 is 0 Å². The Labute approximate surface area is 246 Å². The maximum atomic E-state index is 12.4. The van der Waals surface area contributed by atoms with Crippen LogP contribution in [0.2, 0.25) is 0 Å². The highest BCUT2D eigenvalue weighted by atomic mass is 16.7. The molecule has 2 aliphatic heterocycles. The number of aliphatic hydroxyl groups is 5. The van der Waals surface area contributed by atoms with E-state index in [1.54, 1.807) is 6.08 Å². The lowest BCUT2D eigenvalue weighted by atomic mass is 9.42. The molecule has 6 rings (SSSR count). The molecule has 0 bridgehead atoms. The zero-order valence-electron chi connectivity index (χ0n) is 24.7. The number of rotatable bonds is 5. The zero-order chi connectivity index (χ0) is 30.2. The maximum Gasteiger partial charge on any atom is 0.331 e. The number of aliphatic hydroxyl groups excluding tert-OH is 4. The maximum absolute atomic E-state index is 12.4. The van der Waals surface area contributed by atoms with Gasteiger partial charge < -0.3 is 44.5 Å². The molecule has 236 valence electrons. The normalized spacial score (nSPS) is 52.0. The van der Waals surface area contributed by atoms with Gasteiger partial charge in [0.2, 0.25) is 0 Å². The van der Waals surface area contributed by atoms with E-state index in [0.29, 0.717) is 25.7 Å². The third-order valence-corrected chi connectivity index (χ3v) is 12.3. The van der Waals surface area contributed by atoms with E-state index in [1.807, 2.05) is 0 Å². The molecule has 14 atom stereocenters. The van der Waals surface area contributed by atoms with Crippen molar-refractivity contribution in [1.82, 2.24) is 0 Å². The van der Waals surface area contributed by atoms with Crippen molar-refractivity contribution in [2.45, 2.75) is 121 Å². The second kappa shape index (κ2) is 10.8. The van der Waals surface area contributed by atoms with Gasteiger partial charge in [0.05, 0.1) is 17.8 Å². The highest BCUT2D eigenvalue weighted by molar-refractivity contribution is 5.85. The number of hydrogen-bond donors (Lipinski definition) is 5. The monoisotopic (exact) mass is 594 g/mol. The van der Waals surface area contributed by atoms with Crippen LogP contribution in [0.4, 0.5) is 0 Å². The van der Waals surface area contributed by atoms with Gasteiger partial charge in [0, 0.05) is 18.4 Å². The predicted octanol–water partition coefficient (Wildman–Crippen LogP) is 0.970. The van der Waals surface area contributed by atoms with Gasteiger partial charge in [0.1, 0.15) is 37.6 Å². The quantitative estimate of drug-likeness (QED) is 0.227. The van der Waals surface area contributed by atoms with Gasteiger partial charge in [-0.2, -0.15) is 0 Å². The van der Waals surface area contributed by atoms with Crippen molar-refractivity contribution in [3.05, 3.63) is 11.6 Å². The Morgan fingerprint density at radius 2 is 1.81 bits per heavy atom.